The van der Waals surface area contributed by atoms with Crippen molar-refractivity contribution in [3.63, 3.8) is 0 Å². The van der Waals surface area contributed by atoms with Gasteiger partial charge in [0.15, 0.2) is 5.79 Å². The second kappa shape index (κ2) is 5.44. The van der Waals surface area contributed by atoms with Crippen molar-refractivity contribution in [2.45, 2.75) is 56.5 Å². The SMILES string of the molecule is c1ccc([C@@H]2CC34CCCCC3(O2)O[C@@H](c2ccccc2)C4)cc1. The topological polar surface area (TPSA) is 18.5 Å². The van der Waals surface area contributed by atoms with Crippen LogP contribution in [0.4, 0.5) is 0 Å². The zero-order valence-corrected chi connectivity index (χ0v) is 14.0. The van der Waals surface area contributed by atoms with E-state index in [0.29, 0.717) is 0 Å². The van der Waals surface area contributed by atoms with Crippen LogP contribution in [0.2, 0.25) is 0 Å². The monoisotopic (exact) mass is 320 g/mol. The minimum atomic E-state index is -0.369. The van der Waals surface area contributed by atoms with Gasteiger partial charge in [-0.05, 0) is 36.8 Å². The van der Waals surface area contributed by atoms with Gasteiger partial charge in [0.05, 0.1) is 12.2 Å². The average molecular weight is 320 g/mol. The standard InChI is InChI=1S/C22H24O2/c1-3-9-17(10-4-1)19-15-21-13-7-8-14-22(21,23-19)24-20(16-21)18-11-5-2-6-12-18/h1-6,9-12,19-20H,7-8,13-16H2/t19-,20+,21?,22?. The van der Waals surface area contributed by atoms with E-state index in [2.05, 4.69) is 60.7 Å². The zero-order chi connectivity index (χ0) is 16.0. The van der Waals surface area contributed by atoms with Crippen molar-refractivity contribution in [2.75, 3.05) is 0 Å². The molecular weight excluding hydrogens is 296 g/mol. The van der Waals surface area contributed by atoms with Gasteiger partial charge in [0.2, 0.25) is 0 Å². The first-order valence-electron chi connectivity index (χ1n) is 9.26. The van der Waals surface area contributed by atoms with Crippen molar-refractivity contribution >= 4 is 0 Å². The highest BCUT2D eigenvalue weighted by Crippen LogP contribution is 2.68. The summed E-state index contributed by atoms with van der Waals surface area (Å²) in [7, 11) is 0. The maximum Gasteiger partial charge on any atom is 0.175 e. The van der Waals surface area contributed by atoms with Gasteiger partial charge in [-0.25, -0.2) is 0 Å². The van der Waals surface area contributed by atoms with E-state index >= 15 is 0 Å². The summed E-state index contributed by atoms with van der Waals surface area (Å²) < 4.78 is 13.4. The number of hydrogen-bond donors (Lipinski definition) is 0. The van der Waals surface area contributed by atoms with Gasteiger partial charge in [-0.15, -0.1) is 0 Å². The molecule has 2 nitrogen and oxygen atoms in total. The highest BCUT2D eigenvalue weighted by Gasteiger charge is 2.66. The molecule has 2 heterocycles. The first kappa shape index (κ1) is 14.7. The lowest BCUT2D eigenvalue weighted by molar-refractivity contribution is -0.260. The summed E-state index contributed by atoms with van der Waals surface area (Å²) in [5.41, 5.74) is 2.78. The fourth-order valence-corrected chi connectivity index (χ4v) is 5.23. The predicted octanol–water partition coefficient (Wildman–Crippen LogP) is 5.57. The van der Waals surface area contributed by atoms with Crippen molar-refractivity contribution < 1.29 is 9.47 Å². The first-order valence-corrected chi connectivity index (χ1v) is 9.26. The minimum absolute atomic E-state index is 0.182. The van der Waals surface area contributed by atoms with Crippen LogP contribution in [0.25, 0.3) is 0 Å². The van der Waals surface area contributed by atoms with E-state index in [1.165, 1.54) is 30.4 Å². The Balaban J connectivity index is 1.48. The maximum atomic E-state index is 6.68. The van der Waals surface area contributed by atoms with Gasteiger partial charge in [-0.2, -0.15) is 0 Å². The highest BCUT2D eigenvalue weighted by atomic mass is 16.7. The van der Waals surface area contributed by atoms with Crippen molar-refractivity contribution in [3.05, 3.63) is 71.8 Å². The van der Waals surface area contributed by atoms with Crippen molar-refractivity contribution in [1.82, 2.24) is 0 Å². The molecule has 1 saturated carbocycles. The van der Waals surface area contributed by atoms with Crippen molar-refractivity contribution in [3.8, 4) is 0 Å². The molecule has 24 heavy (non-hydrogen) atoms. The van der Waals surface area contributed by atoms with Gasteiger partial charge in [-0.1, -0.05) is 67.1 Å². The number of hydrogen-bond acceptors (Lipinski definition) is 2. The molecule has 4 atom stereocenters. The number of benzene rings is 2. The third kappa shape index (κ3) is 2.09. The molecule has 0 aromatic heterocycles. The van der Waals surface area contributed by atoms with Gasteiger partial charge in [0.25, 0.3) is 0 Å². The van der Waals surface area contributed by atoms with E-state index in [0.717, 1.165) is 19.3 Å². The third-order valence-corrected chi connectivity index (χ3v) is 6.38. The van der Waals surface area contributed by atoms with E-state index in [1.807, 2.05) is 0 Å². The van der Waals surface area contributed by atoms with Crippen molar-refractivity contribution in [2.24, 2.45) is 5.41 Å². The van der Waals surface area contributed by atoms with Crippen LogP contribution in [0.3, 0.4) is 0 Å². The van der Waals surface area contributed by atoms with Crippen LogP contribution < -0.4 is 0 Å². The lowest BCUT2D eigenvalue weighted by Gasteiger charge is -2.41. The molecule has 5 rings (SSSR count). The molecule has 3 fully saturated rings. The summed E-state index contributed by atoms with van der Waals surface area (Å²) in [5, 5.41) is 0. The molecule has 2 heteroatoms. The van der Waals surface area contributed by atoms with E-state index < -0.39 is 0 Å². The molecule has 124 valence electrons. The molecular formula is C22H24O2. The number of rotatable bonds is 2. The second-order valence-corrected chi connectivity index (χ2v) is 7.68. The van der Waals surface area contributed by atoms with Crippen LogP contribution in [0, 0.1) is 5.41 Å². The Kier molecular flexibility index (Phi) is 3.33. The first-order chi connectivity index (χ1) is 11.8. The normalized spacial score (nSPS) is 37.8. The van der Waals surface area contributed by atoms with Crippen LogP contribution in [0.1, 0.15) is 61.9 Å². The molecule has 0 bridgehead atoms. The van der Waals surface area contributed by atoms with Crippen LogP contribution in [-0.4, -0.2) is 5.79 Å². The maximum absolute atomic E-state index is 6.68. The van der Waals surface area contributed by atoms with Crippen molar-refractivity contribution in [1.29, 1.82) is 0 Å². The second-order valence-electron chi connectivity index (χ2n) is 7.68. The molecule has 2 aromatic rings. The Labute approximate surface area is 143 Å². The largest absolute Gasteiger partial charge is 0.341 e. The quantitative estimate of drug-likeness (QED) is 0.720. The number of ether oxygens (including phenoxy) is 2. The van der Waals surface area contributed by atoms with E-state index in [-0.39, 0.29) is 23.4 Å². The van der Waals surface area contributed by atoms with Crippen LogP contribution in [0.5, 0.6) is 0 Å². The lowest BCUT2D eigenvalue weighted by atomic mass is 9.66. The van der Waals surface area contributed by atoms with Gasteiger partial charge in [-0.3, -0.25) is 0 Å². The molecule has 2 unspecified atom stereocenters. The molecule has 0 N–H and O–H groups in total. The fraction of sp³-hybridized carbons (Fsp3) is 0.455. The summed E-state index contributed by atoms with van der Waals surface area (Å²) in [6.07, 6.45) is 7.35. The Hall–Kier alpha value is -1.64. The Morgan fingerprint density at radius 3 is 1.67 bits per heavy atom. The molecule has 2 aromatic carbocycles. The van der Waals surface area contributed by atoms with E-state index in [1.54, 1.807) is 0 Å². The van der Waals surface area contributed by atoms with Gasteiger partial charge in [0.1, 0.15) is 0 Å². The van der Waals surface area contributed by atoms with E-state index in [9.17, 15) is 0 Å². The molecule has 0 spiro atoms. The third-order valence-electron chi connectivity index (χ3n) is 6.38. The van der Waals surface area contributed by atoms with Gasteiger partial charge >= 0.3 is 0 Å². The van der Waals surface area contributed by atoms with Crippen LogP contribution in [0.15, 0.2) is 60.7 Å². The minimum Gasteiger partial charge on any atom is -0.341 e. The van der Waals surface area contributed by atoms with Gasteiger partial charge < -0.3 is 9.47 Å². The van der Waals surface area contributed by atoms with E-state index in [4.69, 9.17) is 9.47 Å². The van der Waals surface area contributed by atoms with Crippen LogP contribution in [-0.2, 0) is 9.47 Å². The summed E-state index contributed by atoms with van der Waals surface area (Å²) >= 11 is 0. The summed E-state index contributed by atoms with van der Waals surface area (Å²) in [4.78, 5) is 0. The smallest absolute Gasteiger partial charge is 0.175 e. The lowest BCUT2D eigenvalue weighted by Crippen LogP contribution is -2.44. The Morgan fingerprint density at radius 1 is 0.667 bits per heavy atom. The molecule has 0 amide bonds. The fourth-order valence-electron chi connectivity index (χ4n) is 5.23. The van der Waals surface area contributed by atoms with Crippen LogP contribution >= 0.6 is 0 Å². The predicted molar refractivity (Wildman–Crippen MR) is 93.4 cm³/mol. The highest BCUT2D eigenvalue weighted by molar-refractivity contribution is 5.25. The Morgan fingerprint density at radius 2 is 1.17 bits per heavy atom. The van der Waals surface area contributed by atoms with Gasteiger partial charge in [0, 0.05) is 11.8 Å². The zero-order valence-electron chi connectivity index (χ0n) is 14.0. The average Bonchev–Trinajstić information content (AvgIpc) is 3.14. The summed E-state index contributed by atoms with van der Waals surface area (Å²) in [6.45, 7) is 0. The molecule has 2 saturated heterocycles. The molecule has 3 aliphatic rings. The Bertz CT molecular complexity index is 634. The molecule has 1 aliphatic carbocycles. The molecule has 2 aliphatic heterocycles. The molecule has 0 radical (unpaired) electrons. The summed E-state index contributed by atoms with van der Waals surface area (Å²) in [5.74, 6) is -0.369. The summed E-state index contributed by atoms with van der Waals surface area (Å²) in [6, 6.07) is 21.4.